The summed E-state index contributed by atoms with van der Waals surface area (Å²) in [5.41, 5.74) is 6.82. The second-order valence-electron chi connectivity index (χ2n) is 2.32. The fourth-order valence-corrected chi connectivity index (χ4v) is 1.28. The molecule has 0 saturated carbocycles. The maximum absolute atomic E-state index is 5.73. The van der Waals surface area contributed by atoms with E-state index in [1.807, 2.05) is 31.3 Å². The lowest BCUT2D eigenvalue weighted by Crippen LogP contribution is -2.24. The molecule has 0 heterocycles. The lowest BCUT2D eigenvalue weighted by Gasteiger charge is -2.09. The zero-order chi connectivity index (χ0) is 8.27. The monoisotopic (exact) mass is 214 g/mol. The Balaban J connectivity index is 2.86. The van der Waals surface area contributed by atoms with Crippen molar-refractivity contribution in [2.75, 3.05) is 7.05 Å². The molecule has 11 heavy (non-hydrogen) atoms. The Morgan fingerprint density at radius 3 is 2.82 bits per heavy atom. The zero-order valence-corrected chi connectivity index (χ0v) is 7.93. The van der Waals surface area contributed by atoms with Crippen LogP contribution in [0.1, 0.15) is 11.7 Å². The average Bonchev–Trinajstić information content (AvgIpc) is 2.03. The summed E-state index contributed by atoms with van der Waals surface area (Å²) >= 11 is 3.38. The summed E-state index contributed by atoms with van der Waals surface area (Å²) < 4.78 is 1.06. The van der Waals surface area contributed by atoms with Crippen molar-refractivity contribution < 1.29 is 0 Å². The SMILES string of the molecule is CNC(N)c1cccc(Br)c1. The van der Waals surface area contributed by atoms with Crippen molar-refractivity contribution in [1.29, 1.82) is 0 Å². The molecular formula is C8H11BrN2. The van der Waals surface area contributed by atoms with Crippen LogP contribution in [0.2, 0.25) is 0 Å². The molecule has 1 rings (SSSR count). The van der Waals surface area contributed by atoms with Crippen LogP contribution in [0.4, 0.5) is 0 Å². The van der Waals surface area contributed by atoms with Gasteiger partial charge in [0.05, 0.1) is 6.17 Å². The van der Waals surface area contributed by atoms with Crippen LogP contribution in [0.25, 0.3) is 0 Å². The van der Waals surface area contributed by atoms with Crippen LogP contribution in [0.3, 0.4) is 0 Å². The Hall–Kier alpha value is -0.380. The molecule has 0 saturated heterocycles. The fraction of sp³-hybridized carbons (Fsp3) is 0.250. The number of hydrogen-bond donors (Lipinski definition) is 2. The first kappa shape index (κ1) is 8.71. The smallest absolute Gasteiger partial charge is 0.0807 e. The quantitative estimate of drug-likeness (QED) is 0.735. The number of halogens is 1. The van der Waals surface area contributed by atoms with E-state index in [-0.39, 0.29) is 6.17 Å². The Kier molecular flexibility index (Phi) is 3.05. The molecule has 0 radical (unpaired) electrons. The van der Waals surface area contributed by atoms with Gasteiger partial charge in [0.1, 0.15) is 0 Å². The maximum atomic E-state index is 5.73. The molecule has 0 amide bonds. The van der Waals surface area contributed by atoms with Crippen molar-refractivity contribution in [2.24, 2.45) is 5.73 Å². The summed E-state index contributed by atoms with van der Waals surface area (Å²) in [7, 11) is 1.84. The predicted molar refractivity (Wildman–Crippen MR) is 50.1 cm³/mol. The molecule has 0 fully saturated rings. The van der Waals surface area contributed by atoms with Crippen LogP contribution in [0, 0.1) is 0 Å². The highest BCUT2D eigenvalue weighted by Gasteiger charge is 2.00. The highest BCUT2D eigenvalue weighted by molar-refractivity contribution is 9.10. The van der Waals surface area contributed by atoms with Crippen LogP contribution < -0.4 is 11.1 Å². The predicted octanol–water partition coefficient (Wildman–Crippen LogP) is 1.63. The van der Waals surface area contributed by atoms with Gasteiger partial charge in [0.15, 0.2) is 0 Å². The molecule has 60 valence electrons. The second-order valence-corrected chi connectivity index (χ2v) is 3.24. The summed E-state index contributed by atoms with van der Waals surface area (Å²) in [4.78, 5) is 0. The normalized spacial score (nSPS) is 13.0. The van der Waals surface area contributed by atoms with Gasteiger partial charge in [-0.3, -0.25) is 0 Å². The van der Waals surface area contributed by atoms with Crippen molar-refractivity contribution in [3.05, 3.63) is 34.3 Å². The average molecular weight is 215 g/mol. The number of nitrogens with two attached hydrogens (primary N) is 1. The van der Waals surface area contributed by atoms with Gasteiger partial charge in [-0.1, -0.05) is 28.1 Å². The molecule has 0 aliphatic rings. The van der Waals surface area contributed by atoms with E-state index in [0.717, 1.165) is 10.0 Å². The van der Waals surface area contributed by atoms with E-state index in [1.165, 1.54) is 0 Å². The van der Waals surface area contributed by atoms with Gasteiger partial charge in [-0.2, -0.15) is 0 Å². The van der Waals surface area contributed by atoms with E-state index >= 15 is 0 Å². The van der Waals surface area contributed by atoms with Crippen molar-refractivity contribution in [1.82, 2.24) is 5.32 Å². The van der Waals surface area contributed by atoms with Gasteiger partial charge in [-0.05, 0) is 24.7 Å². The number of nitrogens with one attached hydrogen (secondary N) is 1. The molecule has 0 spiro atoms. The van der Waals surface area contributed by atoms with Gasteiger partial charge < -0.3 is 11.1 Å². The van der Waals surface area contributed by atoms with Crippen LogP contribution in [-0.4, -0.2) is 7.05 Å². The van der Waals surface area contributed by atoms with E-state index in [1.54, 1.807) is 0 Å². The number of hydrogen-bond acceptors (Lipinski definition) is 2. The summed E-state index contributed by atoms with van der Waals surface area (Å²) in [5.74, 6) is 0. The summed E-state index contributed by atoms with van der Waals surface area (Å²) in [6.07, 6.45) is -0.0764. The Labute approximate surface area is 74.9 Å². The van der Waals surface area contributed by atoms with E-state index in [0.29, 0.717) is 0 Å². The maximum Gasteiger partial charge on any atom is 0.0807 e. The van der Waals surface area contributed by atoms with Gasteiger partial charge in [0.25, 0.3) is 0 Å². The van der Waals surface area contributed by atoms with Crippen molar-refractivity contribution in [3.63, 3.8) is 0 Å². The molecule has 1 aromatic carbocycles. The minimum absolute atomic E-state index is 0.0764. The topological polar surface area (TPSA) is 38.0 Å². The zero-order valence-electron chi connectivity index (χ0n) is 6.34. The number of benzene rings is 1. The van der Waals surface area contributed by atoms with Crippen molar-refractivity contribution in [3.8, 4) is 0 Å². The minimum atomic E-state index is -0.0764. The second kappa shape index (κ2) is 3.85. The third-order valence-corrected chi connectivity index (χ3v) is 2.01. The van der Waals surface area contributed by atoms with E-state index in [9.17, 15) is 0 Å². The van der Waals surface area contributed by atoms with Gasteiger partial charge in [-0.15, -0.1) is 0 Å². The minimum Gasteiger partial charge on any atom is -0.312 e. The molecule has 3 N–H and O–H groups in total. The highest BCUT2D eigenvalue weighted by Crippen LogP contribution is 2.14. The van der Waals surface area contributed by atoms with Gasteiger partial charge >= 0.3 is 0 Å². The summed E-state index contributed by atoms with van der Waals surface area (Å²) in [6, 6.07) is 7.94. The first-order valence-corrected chi connectivity index (χ1v) is 4.21. The molecule has 2 nitrogen and oxygen atoms in total. The Morgan fingerprint density at radius 2 is 2.27 bits per heavy atom. The summed E-state index contributed by atoms with van der Waals surface area (Å²) in [5, 5.41) is 2.97. The lowest BCUT2D eigenvalue weighted by molar-refractivity contribution is 0.622. The molecule has 0 bridgehead atoms. The number of rotatable bonds is 2. The molecule has 0 aromatic heterocycles. The third-order valence-electron chi connectivity index (χ3n) is 1.52. The fourth-order valence-electron chi connectivity index (χ4n) is 0.867. The highest BCUT2D eigenvalue weighted by atomic mass is 79.9. The van der Waals surface area contributed by atoms with Crippen LogP contribution in [-0.2, 0) is 0 Å². The van der Waals surface area contributed by atoms with Crippen molar-refractivity contribution in [2.45, 2.75) is 6.17 Å². The van der Waals surface area contributed by atoms with Crippen molar-refractivity contribution >= 4 is 15.9 Å². The Bertz CT molecular complexity index is 237. The van der Waals surface area contributed by atoms with Gasteiger partial charge in [-0.25, -0.2) is 0 Å². The third kappa shape index (κ3) is 2.29. The molecule has 0 aliphatic heterocycles. The molecular weight excluding hydrogens is 204 g/mol. The lowest BCUT2D eigenvalue weighted by atomic mass is 10.2. The first-order valence-electron chi connectivity index (χ1n) is 3.42. The van der Waals surface area contributed by atoms with E-state index in [2.05, 4.69) is 21.2 Å². The molecule has 1 atom stereocenters. The standard InChI is InChI=1S/C8H11BrN2/c1-11-8(10)6-3-2-4-7(9)5-6/h2-5,8,11H,10H2,1H3. The van der Waals surface area contributed by atoms with Gasteiger partial charge in [0, 0.05) is 4.47 Å². The molecule has 3 heteroatoms. The first-order chi connectivity index (χ1) is 5.24. The van der Waals surface area contributed by atoms with Crippen LogP contribution >= 0.6 is 15.9 Å². The van der Waals surface area contributed by atoms with Crippen LogP contribution in [0.15, 0.2) is 28.7 Å². The van der Waals surface area contributed by atoms with Crippen LogP contribution in [0.5, 0.6) is 0 Å². The molecule has 1 aromatic rings. The largest absolute Gasteiger partial charge is 0.312 e. The molecule has 1 unspecified atom stereocenters. The van der Waals surface area contributed by atoms with Gasteiger partial charge in [0.2, 0.25) is 0 Å². The Morgan fingerprint density at radius 1 is 1.55 bits per heavy atom. The molecule has 0 aliphatic carbocycles. The summed E-state index contributed by atoms with van der Waals surface area (Å²) in [6.45, 7) is 0. The van der Waals surface area contributed by atoms with E-state index < -0.39 is 0 Å². The van der Waals surface area contributed by atoms with E-state index in [4.69, 9.17) is 5.73 Å².